The number of aryl methyl sites for hydroxylation is 4. The molecule has 0 saturated carbocycles. The molecule has 7 nitrogen and oxygen atoms in total. The molecule has 2 N–H and O–H groups in total. The minimum atomic E-state index is -1.01. The molecule has 1 atom stereocenters. The first-order valence-electron chi connectivity index (χ1n) is 11.6. The maximum absolute atomic E-state index is 12.8. The number of rotatable bonds is 5. The zero-order chi connectivity index (χ0) is 24.7. The second-order valence-electron chi connectivity index (χ2n) is 8.84. The highest BCUT2D eigenvalue weighted by Crippen LogP contribution is 2.39. The van der Waals surface area contributed by atoms with E-state index in [-0.39, 0.29) is 23.7 Å². The van der Waals surface area contributed by atoms with Gasteiger partial charge in [0, 0.05) is 25.1 Å². The van der Waals surface area contributed by atoms with Crippen LogP contribution in [0.3, 0.4) is 0 Å². The van der Waals surface area contributed by atoms with Gasteiger partial charge in [-0.1, -0.05) is 49.5 Å². The molecule has 4 aromatic rings. The second-order valence-corrected chi connectivity index (χ2v) is 9.25. The highest BCUT2D eigenvalue weighted by molar-refractivity contribution is 7.71. The number of hydrogen-bond donors (Lipinski definition) is 2. The molecule has 8 heteroatoms. The topological polar surface area (TPSA) is 101 Å². The maximum atomic E-state index is 12.8. The average Bonchev–Trinajstić information content (AvgIpc) is 3.14. The van der Waals surface area contributed by atoms with Crippen LogP contribution in [0.4, 0.5) is 0 Å². The number of carboxylic acid groups (broad SMARTS) is 1. The van der Waals surface area contributed by atoms with E-state index < -0.39 is 5.97 Å². The first kappa shape index (κ1) is 23.0. The Morgan fingerprint density at radius 1 is 1.20 bits per heavy atom. The molecule has 2 aromatic heterocycles. The fraction of sp³-hybridized carbons (Fsp3) is 0.259. The summed E-state index contributed by atoms with van der Waals surface area (Å²) < 4.78 is 7.86. The van der Waals surface area contributed by atoms with E-state index in [2.05, 4.69) is 30.1 Å². The van der Waals surface area contributed by atoms with Gasteiger partial charge in [-0.25, -0.2) is 14.6 Å². The summed E-state index contributed by atoms with van der Waals surface area (Å²) >= 11 is 5.65. The Labute approximate surface area is 207 Å². The smallest absolute Gasteiger partial charge is 0.335 e. The van der Waals surface area contributed by atoms with Crippen LogP contribution in [0.2, 0.25) is 0 Å². The molecular formula is C27H25N3O4S. The molecule has 0 fully saturated rings. The fourth-order valence-corrected chi connectivity index (χ4v) is 5.08. The van der Waals surface area contributed by atoms with Gasteiger partial charge in [0.15, 0.2) is 5.89 Å². The summed E-state index contributed by atoms with van der Waals surface area (Å²) in [5, 5.41) is 9.33. The van der Waals surface area contributed by atoms with Crippen LogP contribution < -0.4 is 5.69 Å². The quantitative estimate of drug-likeness (QED) is 0.393. The van der Waals surface area contributed by atoms with E-state index in [1.54, 1.807) is 24.4 Å². The number of aromatic nitrogens is 3. The number of fused-ring (bicyclic) bond motifs is 2. The average molecular weight is 488 g/mol. The van der Waals surface area contributed by atoms with Crippen molar-refractivity contribution in [2.75, 3.05) is 0 Å². The highest BCUT2D eigenvalue weighted by Gasteiger charge is 2.31. The predicted octanol–water partition coefficient (Wildman–Crippen LogP) is 4.79. The molecule has 0 radical (unpaired) electrons. The number of nitrogens with one attached hydrogen (secondary N) is 1. The largest absolute Gasteiger partial charge is 0.478 e. The first-order valence-corrected chi connectivity index (χ1v) is 12.0. The summed E-state index contributed by atoms with van der Waals surface area (Å²) in [6, 6.07) is 13.1. The summed E-state index contributed by atoms with van der Waals surface area (Å²) in [6.45, 7) is 4.18. The van der Waals surface area contributed by atoms with E-state index in [1.165, 1.54) is 21.8 Å². The van der Waals surface area contributed by atoms with Crippen molar-refractivity contribution in [2.24, 2.45) is 0 Å². The predicted molar refractivity (Wildman–Crippen MR) is 134 cm³/mol. The van der Waals surface area contributed by atoms with Crippen LogP contribution in [-0.4, -0.2) is 25.6 Å². The standard InChI is InChI=1S/C27H25N3O4S/c1-3-16-7-9-20-18(11-16)8-10-22-24(28-15(2)34-22)23(20)21-14-30(27(33)29-25(21)35)13-17-5-4-6-19(12-17)26(31)32/h4-7,9,11-12,14,23H,3,8,10,13H2,1-2H3,(H,31,32)(H,29,33,35). The van der Waals surface area contributed by atoms with Crippen molar-refractivity contribution in [3.8, 4) is 0 Å². The molecular weight excluding hydrogens is 462 g/mol. The van der Waals surface area contributed by atoms with Gasteiger partial charge in [-0.2, -0.15) is 0 Å². The van der Waals surface area contributed by atoms with E-state index in [4.69, 9.17) is 21.6 Å². The number of aromatic carboxylic acids is 1. The Morgan fingerprint density at radius 3 is 2.80 bits per heavy atom. The minimum Gasteiger partial charge on any atom is -0.478 e. The summed E-state index contributed by atoms with van der Waals surface area (Å²) in [5.41, 5.74) is 5.69. The summed E-state index contributed by atoms with van der Waals surface area (Å²) in [5.74, 6) is 0.139. The molecule has 1 unspecified atom stereocenters. The number of carbonyl (C=O) groups is 1. The lowest BCUT2D eigenvalue weighted by Gasteiger charge is -2.20. The lowest BCUT2D eigenvalue weighted by molar-refractivity contribution is 0.0696. The van der Waals surface area contributed by atoms with Crippen LogP contribution in [0, 0.1) is 11.6 Å². The van der Waals surface area contributed by atoms with E-state index in [0.29, 0.717) is 16.1 Å². The van der Waals surface area contributed by atoms with Gasteiger partial charge in [0.2, 0.25) is 0 Å². The lowest BCUT2D eigenvalue weighted by atomic mass is 9.86. The Bertz CT molecular complexity index is 1560. The Kier molecular flexibility index (Phi) is 5.98. The van der Waals surface area contributed by atoms with E-state index in [0.717, 1.165) is 41.8 Å². The molecule has 0 saturated heterocycles. The molecule has 5 rings (SSSR count). The van der Waals surface area contributed by atoms with Crippen molar-refractivity contribution >= 4 is 18.2 Å². The number of aromatic amines is 1. The molecule has 1 aliphatic carbocycles. The normalized spacial score (nSPS) is 14.7. The molecule has 0 bridgehead atoms. The Morgan fingerprint density at radius 2 is 2.03 bits per heavy atom. The number of oxazole rings is 1. The molecule has 1 aliphatic rings. The van der Waals surface area contributed by atoms with Crippen LogP contribution in [0.25, 0.3) is 0 Å². The SMILES string of the molecule is CCc1ccc2c(c1)CCc1oc(C)nc1C2c1cn(Cc2cccc(C(=O)O)c2)c(=O)[nH]c1=S. The first-order chi connectivity index (χ1) is 16.8. The molecule has 0 aliphatic heterocycles. The molecule has 35 heavy (non-hydrogen) atoms. The minimum absolute atomic E-state index is 0.173. The van der Waals surface area contributed by atoms with Crippen molar-refractivity contribution < 1.29 is 14.3 Å². The summed E-state index contributed by atoms with van der Waals surface area (Å²) in [7, 11) is 0. The molecule has 0 spiro atoms. The third kappa shape index (κ3) is 4.37. The van der Waals surface area contributed by atoms with Gasteiger partial charge < -0.3 is 9.52 Å². The van der Waals surface area contributed by atoms with Crippen LogP contribution in [0.15, 0.2) is 57.9 Å². The van der Waals surface area contributed by atoms with Crippen molar-refractivity contribution in [1.29, 1.82) is 0 Å². The van der Waals surface area contributed by atoms with Gasteiger partial charge in [-0.05, 0) is 47.2 Å². The molecule has 0 amide bonds. The van der Waals surface area contributed by atoms with Crippen molar-refractivity contribution in [3.63, 3.8) is 0 Å². The van der Waals surface area contributed by atoms with Crippen LogP contribution in [-0.2, 0) is 25.8 Å². The monoisotopic (exact) mass is 487 g/mol. The summed E-state index contributed by atoms with van der Waals surface area (Å²) in [4.78, 5) is 31.8. The van der Waals surface area contributed by atoms with Crippen LogP contribution >= 0.6 is 12.2 Å². The zero-order valence-electron chi connectivity index (χ0n) is 19.5. The Hall–Kier alpha value is -3.78. The number of H-pyrrole nitrogens is 1. The van der Waals surface area contributed by atoms with Gasteiger partial charge in [0.05, 0.1) is 23.7 Å². The van der Waals surface area contributed by atoms with E-state index in [1.807, 2.05) is 6.92 Å². The maximum Gasteiger partial charge on any atom is 0.335 e. The van der Waals surface area contributed by atoms with E-state index in [9.17, 15) is 14.7 Å². The van der Waals surface area contributed by atoms with E-state index >= 15 is 0 Å². The van der Waals surface area contributed by atoms with Crippen molar-refractivity contribution in [2.45, 2.75) is 45.6 Å². The third-order valence-corrected chi connectivity index (χ3v) is 6.87. The van der Waals surface area contributed by atoms with Crippen LogP contribution in [0.1, 0.15) is 68.4 Å². The molecule has 2 heterocycles. The van der Waals surface area contributed by atoms with Gasteiger partial charge in [0.1, 0.15) is 10.4 Å². The van der Waals surface area contributed by atoms with Crippen molar-refractivity contribution in [1.82, 2.24) is 14.5 Å². The lowest BCUT2D eigenvalue weighted by Crippen LogP contribution is -2.25. The van der Waals surface area contributed by atoms with Crippen molar-refractivity contribution in [3.05, 3.63) is 115 Å². The highest BCUT2D eigenvalue weighted by atomic mass is 32.1. The zero-order valence-corrected chi connectivity index (χ0v) is 20.3. The molecule has 178 valence electrons. The second kappa shape index (κ2) is 9.11. The third-order valence-electron chi connectivity index (χ3n) is 6.53. The number of benzene rings is 2. The van der Waals surface area contributed by atoms with Gasteiger partial charge in [0.25, 0.3) is 0 Å². The number of hydrogen-bond acceptors (Lipinski definition) is 5. The fourth-order valence-electron chi connectivity index (χ4n) is 4.83. The number of nitrogens with zero attached hydrogens (tertiary/aromatic N) is 2. The van der Waals surface area contributed by atoms with Gasteiger partial charge >= 0.3 is 11.7 Å². The Balaban J connectivity index is 1.67. The van der Waals surface area contributed by atoms with Gasteiger partial charge in [-0.3, -0.25) is 9.55 Å². The van der Waals surface area contributed by atoms with Crippen LogP contribution in [0.5, 0.6) is 0 Å². The molecule has 2 aromatic carbocycles. The summed E-state index contributed by atoms with van der Waals surface area (Å²) in [6.07, 6.45) is 4.29. The van der Waals surface area contributed by atoms with Gasteiger partial charge in [-0.15, -0.1) is 0 Å². The number of carboxylic acids is 1.